The minimum Gasteiger partial charge on any atom is -0.464 e. The Bertz CT molecular complexity index is 795. The smallest absolute Gasteiger partial charge is 0.354 e. The van der Waals surface area contributed by atoms with Crippen molar-refractivity contribution in [1.29, 1.82) is 0 Å². The summed E-state index contributed by atoms with van der Waals surface area (Å²) >= 11 is 1.25. The Morgan fingerprint density at radius 1 is 1.40 bits per heavy atom. The number of methoxy groups -OCH3 is 1. The van der Waals surface area contributed by atoms with Gasteiger partial charge in [-0.15, -0.1) is 11.3 Å². The SMILES string of the molecule is COC(=O)c1cc(-c2csc(NC(=O)CNC(=O)NC3CC3)n2)c[nH]1. The van der Waals surface area contributed by atoms with Crippen LogP contribution in [0.25, 0.3) is 11.3 Å². The van der Waals surface area contributed by atoms with Crippen LogP contribution in [-0.2, 0) is 9.53 Å². The van der Waals surface area contributed by atoms with Gasteiger partial charge in [0.1, 0.15) is 5.69 Å². The predicted octanol–water partition coefficient (Wildman–Crippen LogP) is 1.32. The Morgan fingerprint density at radius 3 is 2.92 bits per heavy atom. The number of carbonyl (C=O) groups is 3. The van der Waals surface area contributed by atoms with E-state index in [0.29, 0.717) is 22.1 Å². The van der Waals surface area contributed by atoms with Crippen LogP contribution in [0.1, 0.15) is 23.3 Å². The molecule has 1 aliphatic carbocycles. The largest absolute Gasteiger partial charge is 0.464 e. The molecule has 10 heteroatoms. The van der Waals surface area contributed by atoms with Gasteiger partial charge in [-0.3, -0.25) is 4.79 Å². The van der Waals surface area contributed by atoms with Crippen LogP contribution in [0.5, 0.6) is 0 Å². The maximum atomic E-state index is 11.8. The highest BCUT2D eigenvalue weighted by atomic mass is 32.1. The number of nitrogens with zero attached hydrogens (tertiary/aromatic N) is 1. The Balaban J connectivity index is 1.52. The number of carbonyl (C=O) groups excluding carboxylic acids is 3. The molecule has 0 bridgehead atoms. The third-order valence-electron chi connectivity index (χ3n) is 3.46. The van der Waals surface area contributed by atoms with E-state index in [1.54, 1.807) is 17.6 Å². The highest BCUT2D eigenvalue weighted by molar-refractivity contribution is 7.14. The van der Waals surface area contributed by atoms with Crippen LogP contribution in [-0.4, -0.2) is 47.6 Å². The van der Waals surface area contributed by atoms with Gasteiger partial charge in [0, 0.05) is 23.2 Å². The van der Waals surface area contributed by atoms with E-state index in [-0.39, 0.29) is 24.5 Å². The van der Waals surface area contributed by atoms with Crippen LogP contribution in [0.15, 0.2) is 17.6 Å². The third-order valence-corrected chi connectivity index (χ3v) is 4.21. The summed E-state index contributed by atoms with van der Waals surface area (Å²) in [7, 11) is 1.30. The van der Waals surface area contributed by atoms with Gasteiger partial charge in [-0.2, -0.15) is 0 Å². The van der Waals surface area contributed by atoms with E-state index >= 15 is 0 Å². The molecular weight excluding hydrogens is 346 g/mol. The summed E-state index contributed by atoms with van der Waals surface area (Å²) in [6, 6.07) is 1.51. The molecule has 2 aromatic rings. The summed E-state index contributed by atoms with van der Waals surface area (Å²) in [5.74, 6) is -0.832. The number of urea groups is 1. The molecular formula is C15H17N5O4S. The normalized spacial score (nSPS) is 13.2. The van der Waals surface area contributed by atoms with Gasteiger partial charge in [0.15, 0.2) is 5.13 Å². The number of nitrogens with one attached hydrogen (secondary N) is 4. The molecule has 3 rings (SSSR count). The molecule has 1 aliphatic rings. The quantitative estimate of drug-likeness (QED) is 0.576. The van der Waals surface area contributed by atoms with E-state index in [4.69, 9.17) is 0 Å². The van der Waals surface area contributed by atoms with Crippen molar-refractivity contribution in [2.24, 2.45) is 0 Å². The molecule has 3 amide bonds. The number of amides is 3. The highest BCUT2D eigenvalue weighted by Crippen LogP contribution is 2.25. The molecule has 0 saturated heterocycles. The monoisotopic (exact) mass is 363 g/mol. The number of esters is 1. The number of ether oxygens (including phenoxy) is 1. The van der Waals surface area contributed by atoms with Crippen molar-refractivity contribution in [3.05, 3.63) is 23.3 Å². The average molecular weight is 363 g/mol. The first-order chi connectivity index (χ1) is 12.0. The van der Waals surface area contributed by atoms with Gasteiger partial charge in [0.2, 0.25) is 5.91 Å². The number of thiazole rings is 1. The van der Waals surface area contributed by atoms with Gasteiger partial charge in [-0.25, -0.2) is 14.6 Å². The molecule has 0 aromatic carbocycles. The zero-order valence-corrected chi connectivity index (χ0v) is 14.2. The van der Waals surface area contributed by atoms with E-state index in [1.165, 1.54) is 18.4 Å². The molecule has 0 aliphatic heterocycles. The van der Waals surface area contributed by atoms with Gasteiger partial charge in [-0.1, -0.05) is 0 Å². The highest BCUT2D eigenvalue weighted by Gasteiger charge is 2.23. The molecule has 132 valence electrons. The minimum absolute atomic E-state index is 0.135. The number of aromatic amines is 1. The molecule has 9 nitrogen and oxygen atoms in total. The first-order valence-electron chi connectivity index (χ1n) is 7.62. The van der Waals surface area contributed by atoms with Crippen molar-refractivity contribution in [2.75, 3.05) is 19.0 Å². The van der Waals surface area contributed by atoms with E-state index in [9.17, 15) is 14.4 Å². The van der Waals surface area contributed by atoms with Gasteiger partial charge in [0.05, 0.1) is 19.3 Å². The molecule has 1 saturated carbocycles. The lowest BCUT2D eigenvalue weighted by atomic mass is 10.2. The maximum Gasteiger partial charge on any atom is 0.354 e. The second kappa shape index (κ2) is 7.34. The first-order valence-corrected chi connectivity index (χ1v) is 8.50. The Labute approximate surface area is 147 Å². The molecule has 0 atom stereocenters. The fourth-order valence-corrected chi connectivity index (χ4v) is 2.76. The number of aromatic nitrogens is 2. The second-order valence-corrected chi connectivity index (χ2v) is 6.34. The van der Waals surface area contributed by atoms with E-state index < -0.39 is 5.97 Å². The topological polar surface area (TPSA) is 125 Å². The lowest BCUT2D eigenvalue weighted by molar-refractivity contribution is -0.115. The Morgan fingerprint density at radius 2 is 2.20 bits per heavy atom. The number of hydrogen-bond acceptors (Lipinski definition) is 6. The zero-order valence-electron chi connectivity index (χ0n) is 13.4. The number of hydrogen-bond donors (Lipinski definition) is 4. The number of anilines is 1. The van der Waals surface area contributed by atoms with Crippen LogP contribution < -0.4 is 16.0 Å². The Hall–Kier alpha value is -2.88. The van der Waals surface area contributed by atoms with E-state index in [2.05, 4.69) is 30.7 Å². The molecule has 25 heavy (non-hydrogen) atoms. The summed E-state index contributed by atoms with van der Waals surface area (Å²) in [5, 5.41) is 10.0. The maximum absolute atomic E-state index is 11.8. The van der Waals surface area contributed by atoms with Crippen molar-refractivity contribution in [3.63, 3.8) is 0 Å². The van der Waals surface area contributed by atoms with Crippen LogP contribution in [0.2, 0.25) is 0 Å². The lowest BCUT2D eigenvalue weighted by Gasteiger charge is -2.05. The van der Waals surface area contributed by atoms with Crippen molar-refractivity contribution >= 4 is 34.4 Å². The molecule has 2 aromatic heterocycles. The average Bonchev–Trinajstić information content (AvgIpc) is 3.09. The van der Waals surface area contributed by atoms with Crippen molar-refractivity contribution in [2.45, 2.75) is 18.9 Å². The Kier molecular flexibility index (Phi) is 4.98. The lowest BCUT2D eigenvalue weighted by Crippen LogP contribution is -2.40. The van der Waals surface area contributed by atoms with Crippen molar-refractivity contribution in [1.82, 2.24) is 20.6 Å². The predicted molar refractivity (Wildman–Crippen MR) is 91.4 cm³/mol. The zero-order chi connectivity index (χ0) is 17.8. The van der Waals surface area contributed by atoms with Gasteiger partial charge < -0.3 is 25.7 Å². The number of rotatable bonds is 6. The summed E-state index contributed by atoms with van der Waals surface area (Å²) < 4.78 is 4.63. The molecule has 2 heterocycles. The van der Waals surface area contributed by atoms with Crippen LogP contribution in [0.3, 0.4) is 0 Å². The third kappa shape index (κ3) is 4.57. The molecule has 0 unspecified atom stereocenters. The minimum atomic E-state index is -0.467. The van der Waals surface area contributed by atoms with E-state index in [0.717, 1.165) is 12.8 Å². The molecule has 0 radical (unpaired) electrons. The van der Waals surface area contributed by atoms with Crippen molar-refractivity contribution in [3.8, 4) is 11.3 Å². The molecule has 4 N–H and O–H groups in total. The van der Waals surface area contributed by atoms with Gasteiger partial charge in [-0.05, 0) is 18.9 Å². The molecule has 0 spiro atoms. The summed E-state index contributed by atoms with van der Waals surface area (Å²) in [6.07, 6.45) is 3.60. The summed E-state index contributed by atoms with van der Waals surface area (Å²) in [6.45, 7) is -0.135. The summed E-state index contributed by atoms with van der Waals surface area (Å²) in [5.41, 5.74) is 1.65. The summed E-state index contributed by atoms with van der Waals surface area (Å²) in [4.78, 5) is 41.8. The van der Waals surface area contributed by atoms with Crippen LogP contribution >= 0.6 is 11.3 Å². The first kappa shape index (κ1) is 17.0. The van der Waals surface area contributed by atoms with Crippen LogP contribution in [0, 0.1) is 0 Å². The second-order valence-electron chi connectivity index (χ2n) is 5.48. The van der Waals surface area contributed by atoms with Gasteiger partial charge in [0.25, 0.3) is 0 Å². The fraction of sp³-hybridized carbons (Fsp3) is 0.333. The van der Waals surface area contributed by atoms with Gasteiger partial charge >= 0.3 is 12.0 Å². The van der Waals surface area contributed by atoms with E-state index in [1.807, 2.05) is 0 Å². The van der Waals surface area contributed by atoms with Crippen LogP contribution in [0.4, 0.5) is 9.93 Å². The fourth-order valence-electron chi connectivity index (χ4n) is 2.02. The number of H-pyrrole nitrogens is 1. The van der Waals surface area contributed by atoms with Crippen molar-refractivity contribution < 1.29 is 19.1 Å². The standard InChI is InChI=1S/C15H17N5O4S/c1-24-13(22)10-4-8(5-16-10)11-7-25-15(19-11)20-12(21)6-17-14(23)18-9-2-3-9/h4-5,7,9,16H,2-3,6H2,1H3,(H2,17,18,23)(H,19,20,21). The molecule has 1 fully saturated rings.